The quantitative estimate of drug-likeness (QED) is 0.852. The summed E-state index contributed by atoms with van der Waals surface area (Å²) in [4.78, 5) is 12.8. The lowest BCUT2D eigenvalue weighted by Gasteiger charge is -2.36. The highest BCUT2D eigenvalue weighted by Gasteiger charge is 2.43. The summed E-state index contributed by atoms with van der Waals surface area (Å²) in [5.41, 5.74) is 0.583. The van der Waals surface area contributed by atoms with Crippen LogP contribution in [0.25, 0.3) is 0 Å². The molecular formula is C16H21NO3. The van der Waals surface area contributed by atoms with Gasteiger partial charge < -0.3 is 14.8 Å². The van der Waals surface area contributed by atoms with E-state index in [-0.39, 0.29) is 12.1 Å². The molecule has 2 fully saturated rings. The Morgan fingerprint density at radius 2 is 2.00 bits per heavy atom. The van der Waals surface area contributed by atoms with Crippen LogP contribution in [0, 0.1) is 0 Å². The summed E-state index contributed by atoms with van der Waals surface area (Å²) >= 11 is 0. The molecule has 4 nitrogen and oxygen atoms in total. The first-order valence-electron chi connectivity index (χ1n) is 7.36. The zero-order valence-corrected chi connectivity index (χ0v) is 11.6. The van der Waals surface area contributed by atoms with Gasteiger partial charge in [-0.05, 0) is 31.5 Å². The third-order valence-corrected chi connectivity index (χ3v) is 4.34. The molecule has 2 aliphatic heterocycles. The van der Waals surface area contributed by atoms with E-state index in [0.29, 0.717) is 13.2 Å². The molecule has 1 unspecified atom stereocenters. The van der Waals surface area contributed by atoms with Crippen molar-refractivity contribution in [3.63, 3.8) is 0 Å². The van der Waals surface area contributed by atoms with E-state index < -0.39 is 5.41 Å². The molecule has 2 aliphatic rings. The summed E-state index contributed by atoms with van der Waals surface area (Å²) in [6.07, 6.45) is 2.33. The average molecular weight is 275 g/mol. The highest BCUT2D eigenvalue weighted by Crippen LogP contribution is 2.35. The molecule has 0 aliphatic carbocycles. The first-order valence-corrected chi connectivity index (χ1v) is 7.36. The fourth-order valence-electron chi connectivity index (χ4n) is 3.09. The van der Waals surface area contributed by atoms with Gasteiger partial charge in [-0.1, -0.05) is 30.3 Å². The van der Waals surface area contributed by atoms with Crippen LogP contribution >= 0.6 is 0 Å². The molecule has 0 amide bonds. The van der Waals surface area contributed by atoms with Crippen molar-refractivity contribution in [2.45, 2.75) is 30.8 Å². The van der Waals surface area contributed by atoms with Gasteiger partial charge in [-0.25, -0.2) is 0 Å². The summed E-state index contributed by atoms with van der Waals surface area (Å²) in [5.74, 6) is -0.0827. The molecule has 1 atom stereocenters. The van der Waals surface area contributed by atoms with E-state index in [0.717, 1.165) is 37.9 Å². The second kappa shape index (κ2) is 5.94. The third-order valence-electron chi connectivity index (χ3n) is 4.34. The summed E-state index contributed by atoms with van der Waals surface area (Å²) in [6, 6.07) is 10.0. The molecule has 1 N–H and O–H groups in total. The maximum absolute atomic E-state index is 12.8. The third kappa shape index (κ3) is 2.58. The van der Waals surface area contributed by atoms with Crippen molar-refractivity contribution in [1.82, 2.24) is 5.32 Å². The van der Waals surface area contributed by atoms with Crippen molar-refractivity contribution in [3.05, 3.63) is 35.9 Å². The largest absolute Gasteiger partial charge is 0.459 e. The van der Waals surface area contributed by atoms with E-state index in [1.54, 1.807) is 0 Å². The second-order valence-electron chi connectivity index (χ2n) is 5.59. The molecule has 2 saturated heterocycles. The summed E-state index contributed by atoms with van der Waals surface area (Å²) in [5, 5.41) is 3.33. The number of hydrogen-bond acceptors (Lipinski definition) is 4. The molecule has 0 saturated carbocycles. The molecule has 20 heavy (non-hydrogen) atoms. The first kappa shape index (κ1) is 13.6. The van der Waals surface area contributed by atoms with Crippen LogP contribution in [0.1, 0.15) is 24.8 Å². The number of piperidine rings is 1. The van der Waals surface area contributed by atoms with Crippen LogP contribution in [-0.2, 0) is 19.7 Å². The number of esters is 1. The zero-order valence-electron chi connectivity index (χ0n) is 11.6. The van der Waals surface area contributed by atoms with Crippen LogP contribution < -0.4 is 5.32 Å². The maximum Gasteiger partial charge on any atom is 0.317 e. The lowest BCUT2D eigenvalue weighted by Crippen LogP contribution is -2.47. The van der Waals surface area contributed by atoms with Gasteiger partial charge in [-0.2, -0.15) is 0 Å². The maximum atomic E-state index is 12.8. The van der Waals surface area contributed by atoms with Gasteiger partial charge in [0.25, 0.3) is 0 Å². The molecular weight excluding hydrogens is 254 g/mol. The van der Waals surface area contributed by atoms with Crippen LogP contribution in [-0.4, -0.2) is 38.4 Å². The predicted octanol–water partition coefficient (Wildman–Crippen LogP) is 1.64. The highest BCUT2D eigenvalue weighted by molar-refractivity contribution is 5.83. The number of nitrogens with one attached hydrogen (secondary N) is 1. The molecule has 0 bridgehead atoms. The van der Waals surface area contributed by atoms with Crippen molar-refractivity contribution < 1.29 is 14.3 Å². The number of benzene rings is 1. The minimum absolute atomic E-state index is 0.0713. The van der Waals surface area contributed by atoms with E-state index in [1.807, 2.05) is 30.3 Å². The zero-order chi connectivity index (χ0) is 13.8. The first-order chi connectivity index (χ1) is 9.81. The molecule has 0 radical (unpaired) electrons. The van der Waals surface area contributed by atoms with E-state index in [4.69, 9.17) is 9.47 Å². The fraction of sp³-hybridized carbons (Fsp3) is 0.562. The van der Waals surface area contributed by atoms with Crippen molar-refractivity contribution in [1.29, 1.82) is 0 Å². The van der Waals surface area contributed by atoms with E-state index >= 15 is 0 Å². The Kier molecular flexibility index (Phi) is 4.03. The summed E-state index contributed by atoms with van der Waals surface area (Å²) < 4.78 is 11.0. The minimum Gasteiger partial charge on any atom is -0.459 e. The number of ether oxygens (including phenoxy) is 2. The summed E-state index contributed by atoms with van der Waals surface area (Å²) in [6.45, 7) is 2.93. The van der Waals surface area contributed by atoms with E-state index in [9.17, 15) is 4.79 Å². The molecule has 3 rings (SSSR count). The van der Waals surface area contributed by atoms with Crippen molar-refractivity contribution in [3.8, 4) is 0 Å². The smallest absolute Gasteiger partial charge is 0.317 e. The second-order valence-corrected chi connectivity index (χ2v) is 5.59. The Balaban J connectivity index is 1.83. The van der Waals surface area contributed by atoms with Gasteiger partial charge in [0.2, 0.25) is 0 Å². The standard InChI is InChI=1S/C16H21NO3/c18-15(20-14-6-11-19-12-14)16(7-9-17-10-8-16)13-4-2-1-3-5-13/h1-5,14,17H,6-12H2. The van der Waals surface area contributed by atoms with Gasteiger partial charge in [0.05, 0.1) is 18.6 Å². The van der Waals surface area contributed by atoms with Gasteiger partial charge in [0, 0.05) is 6.42 Å². The molecule has 108 valence electrons. The molecule has 1 aromatic carbocycles. The molecule has 4 heteroatoms. The monoisotopic (exact) mass is 275 g/mol. The van der Waals surface area contributed by atoms with Crippen LogP contribution in [0.3, 0.4) is 0 Å². The van der Waals surface area contributed by atoms with Crippen LogP contribution in [0.4, 0.5) is 0 Å². The highest BCUT2D eigenvalue weighted by atomic mass is 16.6. The Morgan fingerprint density at radius 3 is 2.65 bits per heavy atom. The Labute approximate surface area is 119 Å². The van der Waals surface area contributed by atoms with Gasteiger partial charge in [-0.3, -0.25) is 4.79 Å². The Morgan fingerprint density at radius 1 is 1.25 bits per heavy atom. The fourth-order valence-corrected chi connectivity index (χ4v) is 3.09. The van der Waals surface area contributed by atoms with Crippen LogP contribution in [0.5, 0.6) is 0 Å². The topological polar surface area (TPSA) is 47.6 Å². The van der Waals surface area contributed by atoms with E-state index in [2.05, 4.69) is 5.32 Å². The lowest BCUT2D eigenvalue weighted by atomic mass is 9.73. The number of carbonyl (C=O) groups excluding carboxylic acids is 1. The summed E-state index contributed by atoms with van der Waals surface area (Å²) in [7, 11) is 0. The molecule has 0 spiro atoms. The van der Waals surface area contributed by atoms with Gasteiger partial charge >= 0.3 is 5.97 Å². The SMILES string of the molecule is O=C(OC1CCOC1)C1(c2ccccc2)CCNCC1. The Bertz CT molecular complexity index is 448. The van der Waals surface area contributed by atoms with Crippen molar-refractivity contribution in [2.75, 3.05) is 26.3 Å². The normalized spacial score (nSPS) is 25.3. The predicted molar refractivity (Wildman–Crippen MR) is 75.5 cm³/mol. The molecule has 2 heterocycles. The minimum atomic E-state index is -0.491. The Hall–Kier alpha value is -1.39. The molecule has 0 aromatic heterocycles. The lowest BCUT2D eigenvalue weighted by molar-refractivity contribution is -0.157. The van der Waals surface area contributed by atoms with Gasteiger partial charge in [0.15, 0.2) is 0 Å². The van der Waals surface area contributed by atoms with E-state index in [1.165, 1.54) is 0 Å². The number of hydrogen-bond donors (Lipinski definition) is 1. The van der Waals surface area contributed by atoms with Crippen LogP contribution in [0.15, 0.2) is 30.3 Å². The number of carbonyl (C=O) groups is 1. The van der Waals surface area contributed by atoms with Crippen molar-refractivity contribution >= 4 is 5.97 Å². The van der Waals surface area contributed by atoms with Crippen molar-refractivity contribution in [2.24, 2.45) is 0 Å². The average Bonchev–Trinajstić information content (AvgIpc) is 3.02. The molecule has 1 aromatic rings. The van der Waals surface area contributed by atoms with Crippen LogP contribution in [0.2, 0.25) is 0 Å². The van der Waals surface area contributed by atoms with Gasteiger partial charge in [-0.15, -0.1) is 0 Å². The van der Waals surface area contributed by atoms with Gasteiger partial charge in [0.1, 0.15) is 6.10 Å². The number of rotatable bonds is 3.